The summed E-state index contributed by atoms with van der Waals surface area (Å²) in [7, 11) is 1.59. The molecule has 3 aliphatic rings. The maximum Gasteiger partial charge on any atom is 0.333 e. The van der Waals surface area contributed by atoms with E-state index < -0.39 is 6.04 Å². The van der Waals surface area contributed by atoms with E-state index in [1.165, 1.54) is 0 Å². The van der Waals surface area contributed by atoms with E-state index in [4.69, 9.17) is 4.74 Å². The second-order valence-electron chi connectivity index (χ2n) is 10.4. The molecular weight excluding hydrogens is 478 g/mol. The molecule has 1 amide bonds. The second kappa shape index (κ2) is 11.2. The van der Waals surface area contributed by atoms with Gasteiger partial charge in [0.1, 0.15) is 13.1 Å². The van der Waals surface area contributed by atoms with Crippen molar-refractivity contribution in [3.05, 3.63) is 102 Å². The minimum absolute atomic E-state index is 0.135. The summed E-state index contributed by atoms with van der Waals surface area (Å²) in [6, 6.07) is 25.2. The van der Waals surface area contributed by atoms with Crippen LogP contribution < -0.4 is 10.6 Å². The van der Waals surface area contributed by atoms with Crippen molar-refractivity contribution in [1.29, 1.82) is 0 Å². The van der Waals surface area contributed by atoms with Crippen LogP contribution in [-0.2, 0) is 9.53 Å². The highest BCUT2D eigenvalue weighted by Crippen LogP contribution is 2.36. The lowest BCUT2D eigenvalue weighted by molar-refractivity contribution is -0.938. The van der Waals surface area contributed by atoms with Crippen molar-refractivity contribution >= 4 is 23.3 Å². The average Bonchev–Trinajstić information content (AvgIpc) is 2.97. The molecule has 196 valence electrons. The minimum atomic E-state index is -0.731. The van der Waals surface area contributed by atoms with E-state index in [2.05, 4.69) is 10.6 Å². The number of anilines is 1. The average molecular weight is 513 g/mol. The number of Topliss-reactive ketones (excluding diaryl/α,β-unsaturated/α-hetero) is 1. The summed E-state index contributed by atoms with van der Waals surface area (Å²) in [4.78, 5) is 38.9. The number of amides is 1. The molecule has 1 unspecified atom stereocenters. The fraction of sp³-hybridized carbons (Fsp3) is 0.323. The smallest absolute Gasteiger partial charge is 0.333 e. The molecule has 7 nitrogen and oxygen atoms in total. The van der Waals surface area contributed by atoms with Crippen LogP contribution in [-0.4, -0.2) is 61.5 Å². The van der Waals surface area contributed by atoms with Crippen LogP contribution in [0.2, 0.25) is 0 Å². The summed E-state index contributed by atoms with van der Waals surface area (Å²) in [5.41, 5.74) is 2.67. The highest BCUT2D eigenvalue weighted by Gasteiger charge is 2.49. The Balaban J connectivity index is 1.33. The molecule has 3 fully saturated rings. The molecule has 3 aliphatic heterocycles. The zero-order chi connectivity index (χ0) is 26.5. The fourth-order valence-electron chi connectivity index (χ4n) is 5.80. The van der Waals surface area contributed by atoms with Crippen molar-refractivity contribution in [1.82, 2.24) is 5.32 Å². The Labute approximate surface area is 223 Å². The van der Waals surface area contributed by atoms with Crippen LogP contribution in [0, 0.1) is 5.92 Å². The lowest BCUT2D eigenvalue weighted by Gasteiger charge is -2.51. The normalized spacial score (nSPS) is 22.8. The fourth-order valence-corrected chi connectivity index (χ4v) is 5.80. The first-order chi connectivity index (χ1) is 18.5. The molecule has 6 rings (SSSR count). The van der Waals surface area contributed by atoms with Crippen LogP contribution in [0.25, 0.3) is 0 Å². The second-order valence-corrected chi connectivity index (χ2v) is 10.4. The molecule has 2 atom stereocenters. The maximum atomic E-state index is 13.7. The molecule has 38 heavy (non-hydrogen) atoms. The molecule has 0 aromatic heterocycles. The van der Waals surface area contributed by atoms with Gasteiger partial charge in [0.05, 0.1) is 13.1 Å². The summed E-state index contributed by atoms with van der Waals surface area (Å²) >= 11 is 0. The van der Waals surface area contributed by atoms with Crippen LogP contribution in [0.15, 0.2) is 84.9 Å². The third-order valence-electron chi connectivity index (χ3n) is 7.92. The van der Waals surface area contributed by atoms with Crippen LogP contribution >= 0.6 is 0 Å². The van der Waals surface area contributed by atoms with E-state index in [-0.39, 0.29) is 23.8 Å². The predicted molar refractivity (Wildman–Crippen MR) is 146 cm³/mol. The number of hydrogen-bond acceptors (Lipinski definition) is 5. The van der Waals surface area contributed by atoms with Gasteiger partial charge >= 0.3 is 5.97 Å². The molecule has 7 heteroatoms. The van der Waals surface area contributed by atoms with Gasteiger partial charge in [-0.2, -0.15) is 0 Å². The summed E-state index contributed by atoms with van der Waals surface area (Å²) in [5, 5.41) is 5.93. The number of carbonyl (C=O) groups excluding carboxylic acids is 3. The molecule has 0 spiro atoms. The number of quaternary nitrogens is 1. The number of nitrogens with zero attached hydrogens (tertiary/aromatic N) is 1. The molecule has 2 N–H and O–H groups in total. The Kier molecular flexibility index (Phi) is 7.56. The quantitative estimate of drug-likeness (QED) is 0.255. The number of hydrogen-bond donors (Lipinski definition) is 2. The van der Waals surface area contributed by atoms with E-state index in [9.17, 15) is 14.4 Å². The van der Waals surface area contributed by atoms with Crippen molar-refractivity contribution in [3.63, 3.8) is 0 Å². The van der Waals surface area contributed by atoms with E-state index in [0.717, 1.165) is 37.1 Å². The Morgan fingerprint density at radius 2 is 1.55 bits per heavy atom. The van der Waals surface area contributed by atoms with Crippen LogP contribution in [0.3, 0.4) is 0 Å². The molecule has 3 aromatic rings. The molecule has 0 radical (unpaired) electrons. The van der Waals surface area contributed by atoms with Gasteiger partial charge in [-0.05, 0) is 23.8 Å². The number of benzene rings is 3. The van der Waals surface area contributed by atoms with Gasteiger partial charge in [0.15, 0.2) is 12.1 Å². The Morgan fingerprint density at radius 1 is 0.895 bits per heavy atom. The van der Waals surface area contributed by atoms with Crippen molar-refractivity contribution in [3.8, 4) is 0 Å². The number of carbonyl (C=O) groups is 3. The zero-order valence-corrected chi connectivity index (χ0v) is 21.6. The predicted octanol–water partition coefficient (Wildman–Crippen LogP) is 4.23. The summed E-state index contributed by atoms with van der Waals surface area (Å²) in [6.07, 6.45) is 1.65. The number of esters is 1. The number of rotatable bonds is 9. The van der Waals surface area contributed by atoms with E-state index in [1.807, 2.05) is 66.7 Å². The van der Waals surface area contributed by atoms with Gasteiger partial charge in [0.25, 0.3) is 5.91 Å². The van der Waals surface area contributed by atoms with Crippen LogP contribution in [0.4, 0.5) is 5.69 Å². The Morgan fingerprint density at radius 3 is 2.24 bits per heavy atom. The monoisotopic (exact) mass is 512 g/mol. The molecular formula is C31H34N3O4+. The topological polar surface area (TPSA) is 84.5 Å². The highest BCUT2D eigenvalue weighted by atomic mass is 16.5. The number of piperidine rings is 3. The molecule has 3 heterocycles. The number of nitrogens with one attached hydrogen (secondary N) is 2. The zero-order valence-electron chi connectivity index (χ0n) is 21.6. The molecule has 3 saturated heterocycles. The van der Waals surface area contributed by atoms with Gasteiger partial charge in [-0.15, -0.1) is 0 Å². The van der Waals surface area contributed by atoms with Crippen molar-refractivity contribution in [2.24, 2.45) is 5.92 Å². The Hall–Kier alpha value is -3.97. The standard InChI is InChI=1S/C31H33N3O4/c1-32-30(36)25-13-8-14-26(19-25)33-29(24-11-6-3-7-12-24)31(37)38-28-21-34(17-15-23(28)16-18-34)20-27(35)22-9-4-2-5-10-22/h2-14,19,23,28-29,33H,15-18,20-21H2,1H3/p+1/t23?,28-,29?,34?/m0/s1. The first-order valence-corrected chi connectivity index (χ1v) is 13.2. The summed E-state index contributed by atoms with van der Waals surface area (Å²) < 4.78 is 6.88. The Bertz CT molecular complexity index is 1290. The van der Waals surface area contributed by atoms with Gasteiger partial charge < -0.3 is 19.9 Å². The summed E-state index contributed by atoms with van der Waals surface area (Å²) in [6.45, 7) is 2.95. The van der Waals surface area contributed by atoms with E-state index >= 15 is 0 Å². The number of ether oxygens (including phenoxy) is 1. The van der Waals surface area contributed by atoms with Crippen LogP contribution in [0.1, 0.15) is 45.2 Å². The van der Waals surface area contributed by atoms with Gasteiger partial charge in [0, 0.05) is 42.6 Å². The van der Waals surface area contributed by atoms with Gasteiger partial charge in [-0.3, -0.25) is 9.59 Å². The molecule has 2 bridgehead atoms. The molecule has 3 aromatic carbocycles. The van der Waals surface area contributed by atoms with E-state index in [1.54, 1.807) is 25.2 Å². The third kappa shape index (κ3) is 5.63. The van der Waals surface area contributed by atoms with Crippen molar-refractivity contribution in [2.45, 2.75) is 25.0 Å². The molecule has 0 aliphatic carbocycles. The van der Waals surface area contributed by atoms with Gasteiger partial charge in [0.2, 0.25) is 5.78 Å². The third-order valence-corrected chi connectivity index (χ3v) is 7.92. The summed E-state index contributed by atoms with van der Waals surface area (Å²) in [5.74, 6) is -0.110. The lowest BCUT2D eigenvalue weighted by atomic mass is 9.82. The lowest BCUT2D eigenvalue weighted by Crippen LogP contribution is -2.65. The first-order valence-electron chi connectivity index (χ1n) is 13.2. The molecule has 0 saturated carbocycles. The van der Waals surface area contributed by atoms with E-state index in [0.29, 0.717) is 34.7 Å². The van der Waals surface area contributed by atoms with Gasteiger partial charge in [-0.25, -0.2) is 4.79 Å². The maximum absolute atomic E-state index is 13.7. The number of ketones is 1. The van der Waals surface area contributed by atoms with Crippen molar-refractivity contribution < 1.29 is 23.6 Å². The van der Waals surface area contributed by atoms with Gasteiger partial charge in [-0.1, -0.05) is 66.7 Å². The highest BCUT2D eigenvalue weighted by molar-refractivity contribution is 5.97. The largest absolute Gasteiger partial charge is 0.454 e. The van der Waals surface area contributed by atoms with Crippen molar-refractivity contribution in [2.75, 3.05) is 38.5 Å². The minimum Gasteiger partial charge on any atom is -0.454 e. The number of fused-ring (bicyclic) bond motifs is 3. The van der Waals surface area contributed by atoms with Crippen LogP contribution in [0.5, 0.6) is 0 Å². The first kappa shape index (κ1) is 25.7. The SMILES string of the molecule is CNC(=O)c1cccc(NC(C(=O)O[C@H]2C[N+]3(CC(=O)c4ccccc4)CCC2CC3)c2ccccc2)c1.